The van der Waals surface area contributed by atoms with Crippen LogP contribution in [0.15, 0.2) is 24.4 Å². The van der Waals surface area contributed by atoms with Gasteiger partial charge in [-0.25, -0.2) is 9.78 Å². The number of nitrogens with zero attached hydrogens (tertiary/aromatic N) is 2. The molecule has 0 saturated carbocycles. The van der Waals surface area contributed by atoms with Crippen LogP contribution in [0.1, 0.15) is 25.8 Å². The Labute approximate surface area is 115 Å². The molecule has 0 atom stereocenters. The monoisotopic (exact) mass is 274 g/mol. The molecular weight excluding hydrogens is 260 g/mol. The molecule has 0 aliphatic carbocycles. The largest absolute Gasteiger partial charge is 0.478 e. The molecule has 0 amide bonds. The smallest absolute Gasteiger partial charge is 0.335 e. The summed E-state index contributed by atoms with van der Waals surface area (Å²) in [6.45, 7) is 3.74. The molecule has 0 fully saturated rings. The number of fused-ring (bicyclic) bond motifs is 1. The maximum atomic E-state index is 11.0. The van der Waals surface area contributed by atoms with Gasteiger partial charge in [0.1, 0.15) is 0 Å². The third kappa shape index (κ3) is 2.33. The SMILES string of the molecule is Cc1ncc(CN2CCc3ccc(C(=O)O)cc32)s1. The van der Waals surface area contributed by atoms with Crippen LogP contribution in [-0.4, -0.2) is 22.6 Å². The molecule has 5 heteroatoms. The number of hydrogen-bond donors (Lipinski definition) is 1. The topological polar surface area (TPSA) is 53.4 Å². The summed E-state index contributed by atoms with van der Waals surface area (Å²) < 4.78 is 0. The van der Waals surface area contributed by atoms with Crippen LogP contribution in [0.25, 0.3) is 0 Å². The number of hydrogen-bond acceptors (Lipinski definition) is 4. The van der Waals surface area contributed by atoms with Crippen molar-refractivity contribution in [1.82, 2.24) is 4.98 Å². The molecule has 1 aliphatic rings. The summed E-state index contributed by atoms with van der Waals surface area (Å²) in [5, 5.41) is 10.1. The van der Waals surface area contributed by atoms with Gasteiger partial charge in [-0.3, -0.25) is 0 Å². The molecule has 2 aromatic rings. The van der Waals surface area contributed by atoms with Crippen LogP contribution in [0.4, 0.5) is 5.69 Å². The summed E-state index contributed by atoms with van der Waals surface area (Å²) in [5.41, 5.74) is 2.63. The standard InChI is InChI=1S/C14H14N2O2S/c1-9-15-7-12(19-9)8-16-5-4-10-2-3-11(14(17)18)6-13(10)16/h2-3,6-7H,4-5,8H2,1H3,(H,17,18). The first-order valence-electron chi connectivity index (χ1n) is 6.16. The highest BCUT2D eigenvalue weighted by Gasteiger charge is 2.21. The molecule has 1 aromatic carbocycles. The molecule has 2 heterocycles. The predicted octanol–water partition coefficient (Wildman–Crippen LogP) is 2.71. The first-order chi connectivity index (χ1) is 9.13. The molecule has 1 N–H and O–H groups in total. The van der Waals surface area contributed by atoms with E-state index in [0.717, 1.165) is 30.2 Å². The molecular formula is C14H14N2O2S. The van der Waals surface area contributed by atoms with Gasteiger partial charge in [0.05, 0.1) is 17.1 Å². The third-order valence-corrected chi connectivity index (χ3v) is 4.24. The Bertz CT molecular complexity index is 636. The molecule has 1 aromatic heterocycles. The van der Waals surface area contributed by atoms with E-state index in [4.69, 9.17) is 5.11 Å². The van der Waals surface area contributed by atoms with Gasteiger partial charge >= 0.3 is 5.97 Å². The summed E-state index contributed by atoms with van der Waals surface area (Å²) >= 11 is 1.69. The average molecular weight is 274 g/mol. The lowest BCUT2D eigenvalue weighted by atomic mass is 10.1. The van der Waals surface area contributed by atoms with E-state index in [2.05, 4.69) is 9.88 Å². The molecule has 0 spiro atoms. The van der Waals surface area contributed by atoms with Crippen molar-refractivity contribution >= 4 is 23.0 Å². The predicted molar refractivity (Wildman–Crippen MR) is 75.0 cm³/mol. The number of rotatable bonds is 3. The van der Waals surface area contributed by atoms with E-state index in [-0.39, 0.29) is 0 Å². The minimum Gasteiger partial charge on any atom is -0.478 e. The van der Waals surface area contributed by atoms with Crippen LogP contribution < -0.4 is 4.90 Å². The molecule has 19 heavy (non-hydrogen) atoms. The molecule has 0 bridgehead atoms. The first-order valence-corrected chi connectivity index (χ1v) is 6.97. The van der Waals surface area contributed by atoms with Gasteiger partial charge in [0.2, 0.25) is 0 Å². The van der Waals surface area contributed by atoms with Crippen LogP contribution in [-0.2, 0) is 13.0 Å². The fraction of sp³-hybridized carbons (Fsp3) is 0.286. The van der Waals surface area contributed by atoms with Crippen molar-refractivity contribution in [3.05, 3.63) is 45.4 Å². The summed E-state index contributed by atoms with van der Waals surface area (Å²) in [6, 6.07) is 5.39. The van der Waals surface area contributed by atoms with Gasteiger partial charge in [-0.05, 0) is 31.0 Å². The average Bonchev–Trinajstić information content (AvgIpc) is 2.96. The number of thiazole rings is 1. The number of carboxylic acids is 1. The van der Waals surface area contributed by atoms with E-state index in [0.29, 0.717) is 5.56 Å². The van der Waals surface area contributed by atoms with E-state index < -0.39 is 5.97 Å². The van der Waals surface area contributed by atoms with Crippen molar-refractivity contribution in [2.45, 2.75) is 19.9 Å². The highest BCUT2D eigenvalue weighted by molar-refractivity contribution is 7.11. The Kier molecular flexibility index (Phi) is 2.98. The molecule has 1 aliphatic heterocycles. The van der Waals surface area contributed by atoms with Crippen molar-refractivity contribution in [1.29, 1.82) is 0 Å². The minimum atomic E-state index is -0.872. The van der Waals surface area contributed by atoms with Gasteiger partial charge in [0.25, 0.3) is 0 Å². The summed E-state index contributed by atoms with van der Waals surface area (Å²) in [7, 11) is 0. The lowest BCUT2D eigenvalue weighted by Crippen LogP contribution is -2.19. The number of aromatic nitrogens is 1. The van der Waals surface area contributed by atoms with E-state index in [1.807, 2.05) is 19.2 Å². The Morgan fingerprint density at radius 2 is 2.37 bits per heavy atom. The maximum Gasteiger partial charge on any atom is 0.335 e. The number of anilines is 1. The summed E-state index contributed by atoms with van der Waals surface area (Å²) in [4.78, 5) is 18.7. The van der Waals surface area contributed by atoms with Crippen LogP contribution in [0.3, 0.4) is 0 Å². The Morgan fingerprint density at radius 3 is 3.05 bits per heavy atom. The first kappa shape index (κ1) is 12.2. The van der Waals surface area contributed by atoms with Crippen LogP contribution >= 0.6 is 11.3 Å². The van der Waals surface area contributed by atoms with Crippen molar-refractivity contribution < 1.29 is 9.90 Å². The molecule has 3 rings (SSSR count). The van der Waals surface area contributed by atoms with Crippen LogP contribution in [0.5, 0.6) is 0 Å². The number of benzene rings is 1. The van der Waals surface area contributed by atoms with Crippen molar-refractivity contribution in [3.8, 4) is 0 Å². The van der Waals surface area contributed by atoms with E-state index >= 15 is 0 Å². The van der Waals surface area contributed by atoms with Crippen molar-refractivity contribution in [2.75, 3.05) is 11.4 Å². The van der Waals surface area contributed by atoms with Gasteiger partial charge in [-0.1, -0.05) is 6.07 Å². The van der Waals surface area contributed by atoms with Crippen molar-refractivity contribution in [3.63, 3.8) is 0 Å². The fourth-order valence-corrected chi connectivity index (χ4v) is 3.22. The van der Waals surface area contributed by atoms with Gasteiger partial charge in [0, 0.05) is 23.3 Å². The van der Waals surface area contributed by atoms with Crippen molar-refractivity contribution in [2.24, 2.45) is 0 Å². The number of aromatic carboxylic acids is 1. The second-order valence-electron chi connectivity index (χ2n) is 4.67. The van der Waals surface area contributed by atoms with Gasteiger partial charge in [-0.15, -0.1) is 11.3 Å². The molecule has 0 unspecified atom stereocenters. The summed E-state index contributed by atoms with van der Waals surface area (Å²) in [5.74, 6) is -0.872. The van der Waals surface area contributed by atoms with Crippen LogP contribution in [0.2, 0.25) is 0 Å². The zero-order valence-corrected chi connectivity index (χ0v) is 11.4. The molecule has 98 valence electrons. The lowest BCUT2D eigenvalue weighted by Gasteiger charge is -2.18. The second kappa shape index (κ2) is 4.66. The highest BCUT2D eigenvalue weighted by atomic mass is 32.1. The Hall–Kier alpha value is -1.88. The zero-order valence-electron chi connectivity index (χ0n) is 10.6. The highest BCUT2D eigenvalue weighted by Crippen LogP contribution is 2.31. The Morgan fingerprint density at radius 1 is 1.53 bits per heavy atom. The lowest BCUT2D eigenvalue weighted by molar-refractivity contribution is 0.0697. The normalized spacial score (nSPS) is 13.6. The second-order valence-corrected chi connectivity index (χ2v) is 5.99. The van der Waals surface area contributed by atoms with E-state index in [1.54, 1.807) is 23.5 Å². The molecule has 0 radical (unpaired) electrons. The number of carbonyl (C=O) groups is 1. The minimum absolute atomic E-state index is 0.353. The third-order valence-electron chi connectivity index (χ3n) is 3.34. The zero-order chi connectivity index (χ0) is 13.4. The summed E-state index contributed by atoms with van der Waals surface area (Å²) in [6.07, 6.45) is 2.88. The molecule has 4 nitrogen and oxygen atoms in total. The maximum absolute atomic E-state index is 11.0. The van der Waals surface area contributed by atoms with Gasteiger partial charge < -0.3 is 10.0 Å². The molecule has 0 saturated heterocycles. The van der Waals surface area contributed by atoms with E-state index in [1.165, 1.54) is 10.4 Å². The fourth-order valence-electron chi connectivity index (χ4n) is 2.41. The van der Waals surface area contributed by atoms with E-state index in [9.17, 15) is 4.79 Å². The van der Waals surface area contributed by atoms with Gasteiger partial charge in [0.15, 0.2) is 0 Å². The Balaban J connectivity index is 1.88. The van der Waals surface area contributed by atoms with Crippen LogP contribution in [0, 0.1) is 6.92 Å². The number of carboxylic acid groups (broad SMARTS) is 1. The quantitative estimate of drug-likeness (QED) is 0.935. The van der Waals surface area contributed by atoms with Gasteiger partial charge in [-0.2, -0.15) is 0 Å². The number of aryl methyl sites for hydroxylation is 1.